The third kappa shape index (κ3) is 9.52. The van der Waals surface area contributed by atoms with Gasteiger partial charge in [0.25, 0.3) is 0 Å². The van der Waals surface area contributed by atoms with Gasteiger partial charge in [0.15, 0.2) is 0 Å². The van der Waals surface area contributed by atoms with Crippen molar-refractivity contribution in [1.29, 1.82) is 0 Å². The molecule has 1 atom stereocenters. The van der Waals surface area contributed by atoms with Crippen molar-refractivity contribution in [1.82, 2.24) is 10.2 Å². The fourth-order valence-electron chi connectivity index (χ4n) is 4.54. The first-order chi connectivity index (χ1) is 19.0. The molecule has 1 N–H and O–H groups in total. The van der Waals surface area contributed by atoms with Crippen LogP contribution >= 0.6 is 0 Å². The molecule has 7 nitrogen and oxygen atoms in total. The lowest BCUT2D eigenvalue weighted by molar-refractivity contribution is -0.141. The number of benzene rings is 3. The molecule has 3 rings (SSSR count). The van der Waals surface area contributed by atoms with Crippen LogP contribution in [-0.2, 0) is 32.6 Å². The Morgan fingerprint density at radius 3 is 2.08 bits per heavy atom. The summed E-state index contributed by atoms with van der Waals surface area (Å²) < 4.78 is 26.5. The normalized spacial score (nSPS) is 12.1. The number of carbonyl (C=O) groups is 2. The van der Waals surface area contributed by atoms with Crippen LogP contribution in [0.2, 0.25) is 0 Å². The maximum atomic E-state index is 13.8. The molecule has 0 aromatic heterocycles. The van der Waals surface area contributed by atoms with E-state index in [1.165, 1.54) is 10.6 Å². The molecule has 214 valence electrons. The molecule has 0 unspecified atom stereocenters. The number of rotatable bonds is 14. The van der Waals surface area contributed by atoms with Crippen molar-refractivity contribution in [3.63, 3.8) is 0 Å². The second kappa shape index (κ2) is 14.7. The van der Waals surface area contributed by atoms with Gasteiger partial charge in [-0.15, -0.1) is 0 Å². The van der Waals surface area contributed by atoms with Crippen LogP contribution in [0.5, 0.6) is 0 Å². The molecule has 3 aromatic rings. The van der Waals surface area contributed by atoms with Gasteiger partial charge in [-0.05, 0) is 48.1 Å². The van der Waals surface area contributed by atoms with Crippen LogP contribution in [0.4, 0.5) is 5.69 Å². The molecule has 0 bridgehead atoms. The van der Waals surface area contributed by atoms with E-state index in [-0.39, 0.29) is 37.2 Å². The standard InChI is InChI=1S/C32H41N3O4S/c1-25(2)23-33-32(37)30(22-27-14-7-5-8-15-27)34(24-28-16-9-6-10-17-28)31(36)19-12-20-35(40(4,38)39)29-18-11-13-26(3)21-29/h5-11,13-18,21,25,30H,12,19-20,22-24H2,1-4H3,(H,33,37)/t30-/m0/s1. The van der Waals surface area contributed by atoms with Crippen LogP contribution in [0.1, 0.15) is 43.4 Å². The van der Waals surface area contributed by atoms with Crippen molar-refractivity contribution in [2.45, 2.75) is 52.6 Å². The Bertz CT molecular complexity index is 1340. The number of hydrogen-bond donors (Lipinski definition) is 1. The molecular weight excluding hydrogens is 522 g/mol. The Morgan fingerprint density at radius 1 is 0.875 bits per heavy atom. The first-order valence-electron chi connectivity index (χ1n) is 13.7. The number of nitrogens with zero attached hydrogens (tertiary/aromatic N) is 2. The van der Waals surface area contributed by atoms with Crippen LogP contribution in [-0.4, -0.2) is 50.5 Å². The van der Waals surface area contributed by atoms with Gasteiger partial charge in [-0.1, -0.05) is 86.6 Å². The first kappa shape index (κ1) is 30.9. The lowest BCUT2D eigenvalue weighted by Crippen LogP contribution is -2.51. The minimum absolute atomic E-state index is 0.105. The zero-order valence-corrected chi connectivity index (χ0v) is 24.7. The second-order valence-electron chi connectivity index (χ2n) is 10.6. The van der Waals surface area contributed by atoms with Crippen molar-refractivity contribution in [2.75, 3.05) is 23.7 Å². The van der Waals surface area contributed by atoms with Gasteiger partial charge in [-0.2, -0.15) is 0 Å². The van der Waals surface area contributed by atoms with E-state index in [9.17, 15) is 18.0 Å². The SMILES string of the molecule is Cc1cccc(N(CCCC(=O)N(Cc2ccccc2)[C@@H](Cc2ccccc2)C(=O)NCC(C)C)S(C)(=O)=O)c1. The van der Waals surface area contributed by atoms with E-state index in [0.29, 0.717) is 25.1 Å². The molecule has 0 heterocycles. The quantitative estimate of drug-likeness (QED) is 0.301. The molecule has 2 amide bonds. The number of carbonyl (C=O) groups excluding carboxylic acids is 2. The summed E-state index contributed by atoms with van der Waals surface area (Å²) >= 11 is 0. The highest BCUT2D eigenvalue weighted by Gasteiger charge is 2.30. The summed E-state index contributed by atoms with van der Waals surface area (Å²) in [5.41, 5.74) is 3.40. The number of amides is 2. The minimum atomic E-state index is -3.54. The van der Waals surface area contributed by atoms with Gasteiger partial charge in [0, 0.05) is 32.5 Å². The van der Waals surface area contributed by atoms with Gasteiger partial charge in [0.2, 0.25) is 21.8 Å². The average Bonchev–Trinajstić information content (AvgIpc) is 2.92. The summed E-state index contributed by atoms with van der Waals surface area (Å²) in [6.45, 7) is 6.92. The van der Waals surface area contributed by atoms with Crippen LogP contribution in [0.15, 0.2) is 84.9 Å². The molecule has 0 spiro atoms. The number of aryl methyl sites for hydroxylation is 1. The monoisotopic (exact) mass is 563 g/mol. The Morgan fingerprint density at radius 2 is 1.50 bits per heavy atom. The van der Waals surface area contributed by atoms with E-state index in [0.717, 1.165) is 16.7 Å². The third-order valence-electron chi connectivity index (χ3n) is 6.59. The molecule has 0 aliphatic rings. The summed E-state index contributed by atoms with van der Waals surface area (Å²) in [7, 11) is -3.54. The molecule has 0 fully saturated rings. The summed E-state index contributed by atoms with van der Waals surface area (Å²) in [5, 5.41) is 3.02. The number of hydrogen-bond acceptors (Lipinski definition) is 4. The van der Waals surface area contributed by atoms with E-state index in [4.69, 9.17) is 0 Å². The van der Waals surface area contributed by atoms with Crippen LogP contribution in [0.25, 0.3) is 0 Å². The largest absolute Gasteiger partial charge is 0.354 e. The van der Waals surface area contributed by atoms with Gasteiger partial charge >= 0.3 is 0 Å². The van der Waals surface area contributed by atoms with Crippen molar-refractivity contribution in [3.8, 4) is 0 Å². The first-order valence-corrected chi connectivity index (χ1v) is 15.6. The van der Waals surface area contributed by atoms with E-state index < -0.39 is 16.1 Å². The van der Waals surface area contributed by atoms with E-state index >= 15 is 0 Å². The molecular formula is C32H41N3O4S. The van der Waals surface area contributed by atoms with Gasteiger partial charge in [0.05, 0.1) is 11.9 Å². The van der Waals surface area contributed by atoms with Crippen LogP contribution in [0.3, 0.4) is 0 Å². The lowest BCUT2D eigenvalue weighted by atomic mass is 10.0. The van der Waals surface area contributed by atoms with Gasteiger partial charge in [-0.3, -0.25) is 13.9 Å². The highest BCUT2D eigenvalue weighted by Crippen LogP contribution is 2.21. The third-order valence-corrected chi connectivity index (χ3v) is 7.79. The zero-order valence-electron chi connectivity index (χ0n) is 23.9. The van der Waals surface area contributed by atoms with Gasteiger partial charge in [0.1, 0.15) is 6.04 Å². The Labute approximate surface area is 239 Å². The van der Waals surface area contributed by atoms with Crippen molar-refractivity contribution >= 4 is 27.5 Å². The maximum absolute atomic E-state index is 13.8. The van der Waals surface area contributed by atoms with Crippen LogP contribution < -0.4 is 9.62 Å². The molecule has 3 aromatic carbocycles. The highest BCUT2D eigenvalue weighted by atomic mass is 32.2. The van der Waals surface area contributed by atoms with Crippen LogP contribution in [0, 0.1) is 12.8 Å². The predicted octanol–water partition coefficient (Wildman–Crippen LogP) is 4.95. The Kier molecular flexibility index (Phi) is 11.3. The fourth-order valence-corrected chi connectivity index (χ4v) is 5.50. The summed E-state index contributed by atoms with van der Waals surface area (Å²) in [6.07, 6.45) is 1.97. The summed E-state index contributed by atoms with van der Waals surface area (Å²) in [6, 6.07) is 25.9. The summed E-state index contributed by atoms with van der Waals surface area (Å²) in [4.78, 5) is 29.0. The molecule has 40 heavy (non-hydrogen) atoms. The average molecular weight is 564 g/mol. The van der Waals surface area contributed by atoms with Crippen molar-refractivity contribution in [3.05, 3.63) is 102 Å². The second-order valence-corrected chi connectivity index (χ2v) is 12.5. The molecule has 8 heteroatoms. The molecule has 0 radical (unpaired) electrons. The molecule has 0 saturated heterocycles. The predicted molar refractivity (Wildman–Crippen MR) is 161 cm³/mol. The molecule has 0 aliphatic heterocycles. The molecule has 0 saturated carbocycles. The maximum Gasteiger partial charge on any atom is 0.243 e. The number of nitrogens with one attached hydrogen (secondary N) is 1. The van der Waals surface area contributed by atoms with E-state index in [1.54, 1.807) is 11.0 Å². The highest BCUT2D eigenvalue weighted by molar-refractivity contribution is 7.92. The topological polar surface area (TPSA) is 86.8 Å². The van der Waals surface area contributed by atoms with Gasteiger partial charge in [-0.25, -0.2) is 8.42 Å². The fraction of sp³-hybridized carbons (Fsp3) is 0.375. The van der Waals surface area contributed by atoms with Gasteiger partial charge < -0.3 is 10.2 Å². The van der Waals surface area contributed by atoms with Crippen molar-refractivity contribution in [2.24, 2.45) is 5.92 Å². The Balaban J connectivity index is 1.85. The zero-order chi connectivity index (χ0) is 29.1. The Hall–Kier alpha value is -3.65. The number of anilines is 1. The number of sulfonamides is 1. The van der Waals surface area contributed by atoms with E-state index in [1.807, 2.05) is 99.6 Å². The lowest BCUT2D eigenvalue weighted by Gasteiger charge is -2.32. The minimum Gasteiger partial charge on any atom is -0.354 e. The molecule has 0 aliphatic carbocycles. The smallest absolute Gasteiger partial charge is 0.243 e. The van der Waals surface area contributed by atoms with E-state index in [2.05, 4.69) is 5.32 Å². The summed E-state index contributed by atoms with van der Waals surface area (Å²) in [5.74, 6) is -0.121. The van der Waals surface area contributed by atoms with Crippen molar-refractivity contribution < 1.29 is 18.0 Å².